The second-order valence-electron chi connectivity index (χ2n) is 4.33. The zero-order chi connectivity index (χ0) is 13.6. The van der Waals surface area contributed by atoms with Gasteiger partial charge < -0.3 is 0 Å². The smallest absolute Gasteiger partial charge is 0.271 e. The molecule has 0 bridgehead atoms. The predicted octanol–water partition coefficient (Wildman–Crippen LogP) is 1.28. The molecule has 2 heterocycles. The van der Waals surface area contributed by atoms with Crippen LogP contribution >= 0.6 is 11.6 Å². The van der Waals surface area contributed by atoms with Crippen molar-refractivity contribution in [2.24, 2.45) is 4.99 Å². The van der Waals surface area contributed by atoms with Crippen molar-refractivity contribution >= 4 is 16.8 Å². The van der Waals surface area contributed by atoms with Crippen LogP contribution in [-0.2, 0) is 6.54 Å². The Labute approximate surface area is 109 Å². The highest BCUT2D eigenvalue weighted by Gasteiger charge is 2.19. The lowest BCUT2D eigenvalue weighted by atomic mass is 10.2. The van der Waals surface area contributed by atoms with E-state index in [1.54, 1.807) is 25.3 Å². The first-order valence-electron chi connectivity index (χ1n) is 5.59. The minimum atomic E-state index is -0.284. The van der Waals surface area contributed by atoms with Crippen LogP contribution in [0.15, 0.2) is 14.6 Å². The standard InChI is InChI=1S/C12H14ClN3O2/c1-6-8(3)15-10(5-14-9(4)13)7(2)12(18)16(15)11(6)17/h5H2,1-4H3. The van der Waals surface area contributed by atoms with Crippen molar-refractivity contribution in [3.8, 4) is 0 Å². The van der Waals surface area contributed by atoms with E-state index in [1.807, 2.05) is 6.92 Å². The maximum absolute atomic E-state index is 12.0. The Morgan fingerprint density at radius 3 is 2.22 bits per heavy atom. The van der Waals surface area contributed by atoms with Crippen LogP contribution in [0, 0.1) is 20.8 Å². The summed E-state index contributed by atoms with van der Waals surface area (Å²) in [5.74, 6) is 0. The van der Waals surface area contributed by atoms with Gasteiger partial charge in [0.05, 0.1) is 17.4 Å². The molecule has 0 aliphatic carbocycles. The quantitative estimate of drug-likeness (QED) is 0.770. The van der Waals surface area contributed by atoms with Crippen LogP contribution < -0.4 is 11.1 Å². The number of hydrogen-bond acceptors (Lipinski definition) is 3. The van der Waals surface area contributed by atoms with E-state index in [4.69, 9.17) is 11.6 Å². The summed E-state index contributed by atoms with van der Waals surface area (Å²) in [4.78, 5) is 28.1. The fraction of sp³-hybridized carbons (Fsp3) is 0.417. The number of rotatable bonds is 2. The van der Waals surface area contributed by atoms with E-state index in [2.05, 4.69) is 4.99 Å². The number of halogens is 1. The molecule has 0 amide bonds. The Kier molecular flexibility index (Phi) is 3.02. The molecule has 2 rings (SSSR count). The summed E-state index contributed by atoms with van der Waals surface area (Å²) in [7, 11) is 0. The Morgan fingerprint density at radius 2 is 1.67 bits per heavy atom. The SMILES string of the molecule is CC(Cl)=NCc1c(C)c(=O)n2c(=O)c(C)c(C)n12. The van der Waals surface area contributed by atoms with Crippen LogP contribution in [0.2, 0.25) is 0 Å². The molecule has 6 heteroatoms. The zero-order valence-corrected chi connectivity index (χ0v) is 11.5. The Balaban J connectivity index is 2.85. The van der Waals surface area contributed by atoms with Crippen LogP contribution in [0.25, 0.3) is 0 Å². The van der Waals surface area contributed by atoms with Gasteiger partial charge in [-0.1, -0.05) is 11.6 Å². The van der Waals surface area contributed by atoms with Crippen molar-refractivity contribution in [3.63, 3.8) is 0 Å². The van der Waals surface area contributed by atoms with Gasteiger partial charge in [0.1, 0.15) is 0 Å². The van der Waals surface area contributed by atoms with Crippen molar-refractivity contribution in [1.82, 2.24) is 9.03 Å². The Hall–Kier alpha value is -1.62. The molecule has 0 spiro atoms. The van der Waals surface area contributed by atoms with Crippen LogP contribution in [0.4, 0.5) is 0 Å². The van der Waals surface area contributed by atoms with E-state index >= 15 is 0 Å². The van der Waals surface area contributed by atoms with Gasteiger partial charge in [0.2, 0.25) is 0 Å². The van der Waals surface area contributed by atoms with Gasteiger partial charge in [-0.2, -0.15) is 4.52 Å². The summed E-state index contributed by atoms with van der Waals surface area (Å²) < 4.78 is 2.80. The number of nitrogens with zero attached hydrogens (tertiary/aromatic N) is 3. The minimum Gasteiger partial charge on any atom is -0.271 e. The largest absolute Gasteiger partial charge is 0.277 e. The lowest BCUT2D eigenvalue weighted by Gasteiger charge is -2.00. The third-order valence-electron chi connectivity index (χ3n) is 3.22. The van der Waals surface area contributed by atoms with E-state index in [1.165, 1.54) is 0 Å². The van der Waals surface area contributed by atoms with Gasteiger partial charge >= 0.3 is 0 Å². The molecule has 0 atom stereocenters. The average molecular weight is 268 g/mol. The topological polar surface area (TPSA) is 55.3 Å². The molecule has 0 N–H and O–H groups in total. The molecule has 0 unspecified atom stereocenters. The highest BCUT2D eigenvalue weighted by molar-refractivity contribution is 6.64. The second kappa shape index (κ2) is 4.24. The van der Waals surface area contributed by atoms with Gasteiger partial charge in [-0.3, -0.25) is 14.6 Å². The lowest BCUT2D eigenvalue weighted by molar-refractivity contribution is 0.746. The first kappa shape index (κ1) is 12.8. The highest BCUT2D eigenvalue weighted by atomic mass is 35.5. The van der Waals surface area contributed by atoms with Crippen molar-refractivity contribution in [2.75, 3.05) is 0 Å². The first-order valence-corrected chi connectivity index (χ1v) is 5.96. The molecule has 96 valence electrons. The third kappa shape index (κ3) is 1.66. The molecule has 0 aromatic carbocycles. The fourth-order valence-corrected chi connectivity index (χ4v) is 2.09. The van der Waals surface area contributed by atoms with Crippen LogP contribution in [0.3, 0.4) is 0 Å². The van der Waals surface area contributed by atoms with Gasteiger partial charge in [-0.05, 0) is 27.7 Å². The van der Waals surface area contributed by atoms with Gasteiger partial charge in [0, 0.05) is 16.8 Å². The molecule has 0 aliphatic heterocycles. The molecule has 0 fully saturated rings. The van der Waals surface area contributed by atoms with Crippen LogP contribution in [0.1, 0.15) is 29.4 Å². The fourth-order valence-electron chi connectivity index (χ4n) is 2.03. The molecule has 2 aromatic heterocycles. The molecule has 0 aliphatic rings. The van der Waals surface area contributed by atoms with Gasteiger partial charge in [-0.25, -0.2) is 4.52 Å². The van der Waals surface area contributed by atoms with Gasteiger partial charge in [0.25, 0.3) is 11.1 Å². The minimum absolute atomic E-state index is 0.265. The number of aryl methyl sites for hydroxylation is 1. The number of aromatic nitrogens is 2. The summed E-state index contributed by atoms with van der Waals surface area (Å²) in [6.45, 7) is 7.20. The molecular formula is C12H14ClN3O2. The number of fused-ring (bicyclic) bond motifs is 1. The molecule has 2 aromatic rings. The highest BCUT2D eigenvalue weighted by Crippen LogP contribution is 2.11. The van der Waals surface area contributed by atoms with E-state index in [9.17, 15) is 9.59 Å². The third-order valence-corrected chi connectivity index (χ3v) is 3.34. The summed E-state index contributed by atoms with van der Waals surface area (Å²) in [6, 6.07) is 0. The number of aliphatic imine (C=N–C) groups is 1. The molecule has 0 saturated heterocycles. The predicted molar refractivity (Wildman–Crippen MR) is 71.4 cm³/mol. The zero-order valence-electron chi connectivity index (χ0n) is 10.7. The summed E-state index contributed by atoms with van der Waals surface area (Å²) in [5, 5.41) is 0.421. The average Bonchev–Trinajstić information content (AvgIpc) is 2.68. The maximum Gasteiger partial charge on any atom is 0.277 e. The van der Waals surface area contributed by atoms with Crippen LogP contribution in [-0.4, -0.2) is 14.2 Å². The Bertz CT molecular complexity index is 751. The molecular weight excluding hydrogens is 254 g/mol. The summed E-state index contributed by atoms with van der Waals surface area (Å²) >= 11 is 5.71. The van der Waals surface area contributed by atoms with Crippen LogP contribution in [0.5, 0.6) is 0 Å². The van der Waals surface area contributed by atoms with Crippen molar-refractivity contribution in [2.45, 2.75) is 34.2 Å². The van der Waals surface area contributed by atoms with E-state index in [-0.39, 0.29) is 11.1 Å². The normalized spacial score (nSPS) is 12.6. The lowest BCUT2D eigenvalue weighted by Crippen LogP contribution is -2.23. The second-order valence-corrected chi connectivity index (χ2v) is 4.88. The van der Waals surface area contributed by atoms with Crippen molar-refractivity contribution in [1.29, 1.82) is 0 Å². The van der Waals surface area contributed by atoms with Crippen molar-refractivity contribution in [3.05, 3.63) is 43.2 Å². The van der Waals surface area contributed by atoms with Gasteiger partial charge in [-0.15, -0.1) is 0 Å². The molecule has 0 saturated carbocycles. The molecule has 5 nitrogen and oxygen atoms in total. The van der Waals surface area contributed by atoms with Gasteiger partial charge in [0.15, 0.2) is 0 Å². The summed E-state index contributed by atoms with van der Waals surface area (Å²) in [6.07, 6.45) is 0. The first-order chi connectivity index (χ1) is 8.36. The molecule has 0 radical (unpaired) electrons. The number of hydrogen-bond donors (Lipinski definition) is 0. The maximum atomic E-state index is 12.0. The Morgan fingerprint density at radius 1 is 1.11 bits per heavy atom. The van der Waals surface area contributed by atoms with E-state index in [0.29, 0.717) is 28.5 Å². The summed E-state index contributed by atoms with van der Waals surface area (Å²) in [5.41, 5.74) is 2.05. The van der Waals surface area contributed by atoms with Crippen molar-refractivity contribution < 1.29 is 0 Å². The molecule has 18 heavy (non-hydrogen) atoms. The monoisotopic (exact) mass is 267 g/mol. The van der Waals surface area contributed by atoms with E-state index < -0.39 is 0 Å². The van der Waals surface area contributed by atoms with E-state index in [0.717, 1.165) is 10.2 Å².